The molecule has 2 aromatic rings. The second-order valence-corrected chi connectivity index (χ2v) is 4.15. The number of benzene rings is 1. The van der Waals surface area contributed by atoms with E-state index < -0.39 is 0 Å². The molecule has 90 valence electrons. The maximum atomic E-state index is 5.83. The highest BCUT2D eigenvalue weighted by atomic mass is 35.5. The molecule has 0 saturated heterocycles. The Labute approximate surface area is 105 Å². The predicted octanol–water partition coefficient (Wildman–Crippen LogP) is 3.06. The van der Waals surface area contributed by atoms with Crippen molar-refractivity contribution in [3.63, 3.8) is 0 Å². The molecular formula is C12H14ClN3O. The van der Waals surface area contributed by atoms with Crippen LogP contribution in [0.2, 0.25) is 5.02 Å². The molecule has 2 rings (SSSR count). The smallest absolute Gasteiger partial charge is 0.244 e. The monoisotopic (exact) mass is 251 g/mol. The van der Waals surface area contributed by atoms with Crippen molar-refractivity contribution in [2.24, 2.45) is 0 Å². The molecule has 17 heavy (non-hydrogen) atoms. The van der Waals surface area contributed by atoms with Gasteiger partial charge >= 0.3 is 0 Å². The molecule has 0 saturated carbocycles. The number of nitrogens with one attached hydrogen (secondary N) is 1. The average molecular weight is 252 g/mol. The van der Waals surface area contributed by atoms with Crippen molar-refractivity contribution in [3.05, 3.63) is 35.2 Å². The van der Waals surface area contributed by atoms with Crippen LogP contribution >= 0.6 is 11.6 Å². The SMILES string of the molecule is CCC(NC)c1nc(-c2ccc(Cl)cc2)no1. The van der Waals surface area contributed by atoms with E-state index in [1.807, 2.05) is 31.3 Å². The van der Waals surface area contributed by atoms with Crippen LogP contribution in [0.15, 0.2) is 28.8 Å². The lowest BCUT2D eigenvalue weighted by atomic mass is 10.2. The largest absolute Gasteiger partial charge is 0.337 e. The fourth-order valence-corrected chi connectivity index (χ4v) is 1.72. The summed E-state index contributed by atoms with van der Waals surface area (Å²) in [6.07, 6.45) is 0.902. The van der Waals surface area contributed by atoms with E-state index in [0.29, 0.717) is 16.7 Å². The lowest BCUT2D eigenvalue weighted by molar-refractivity contribution is 0.334. The first-order valence-electron chi connectivity index (χ1n) is 5.51. The van der Waals surface area contributed by atoms with Crippen LogP contribution < -0.4 is 5.32 Å². The minimum atomic E-state index is 0.101. The fourth-order valence-electron chi connectivity index (χ4n) is 1.60. The van der Waals surface area contributed by atoms with Gasteiger partial charge in [0.15, 0.2) is 0 Å². The summed E-state index contributed by atoms with van der Waals surface area (Å²) in [6, 6.07) is 7.46. The van der Waals surface area contributed by atoms with Gasteiger partial charge in [0.1, 0.15) is 0 Å². The standard InChI is InChI=1S/C12H14ClN3O/c1-3-10(14-2)12-15-11(16-17-12)8-4-6-9(13)7-5-8/h4-7,10,14H,3H2,1-2H3. The zero-order chi connectivity index (χ0) is 12.3. The van der Waals surface area contributed by atoms with Gasteiger partial charge in [-0.2, -0.15) is 4.98 Å². The maximum Gasteiger partial charge on any atom is 0.244 e. The highest BCUT2D eigenvalue weighted by Gasteiger charge is 2.15. The minimum absolute atomic E-state index is 0.101. The first-order chi connectivity index (χ1) is 8.24. The molecule has 1 aromatic heterocycles. The Bertz CT molecular complexity index is 477. The van der Waals surface area contributed by atoms with Gasteiger partial charge in [0.2, 0.25) is 11.7 Å². The van der Waals surface area contributed by atoms with E-state index in [4.69, 9.17) is 16.1 Å². The number of aromatic nitrogens is 2. The molecule has 0 radical (unpaired) electrons. The molecule has 1 atom stereocenters. The van der Waals surface area contributed by atoms with Gasteiger partial charge in [-0.05, 0) is 37.7 Å². The van der Waals surface area contributed by atoms with E-state index in [1.165, 1.54) is 0 Å². The molecule has 4 nitrogen and oxygen atoms in total. The number of hydrogen-bond acceptors (Lipinski definition) is 4. The Morgan fingerprint density at radius 3 is 2.65 bits per heavy atom. The molecule has 1 heterocycles. The third-order valence-corrected chi connectivity index (χ3v) is 2.85. The first-order valence-corrected chi connectivity index (χ1v) is 5.89. The molecule has 0 fully saturated rings. The van der Waals surface area contributed by atoms with Gasteiger partial charge in [-0.15, -0.1) is 0 Å². The van der Waals surface area contributed by atoms with Crippen LogP contribution in [0.4, 0.5) is 0 Å². The summed E-state index contributed by atoms with van der Waals surface area (Å²) in [7, 11) is 1.88. The molecule has 1 N–H and O–H groups in total. The fraction of sp³-hybridized carbons (Fsp3) is 0.333. The number of rotatable bonds is 4. The molecule has 0 aliphatic carbocycles. The third-order valence-electron chi connectivity index (χ3n) is 2.60. The molecule has 1 aromatic carbocycles. The van der Waals surface area contributed by atoms with E-state index in [1.54, 1.807) is 0 Å². The Kier molecular flexibility index (Phi) is 3.76. The van der Waals surface area contributed by atoms with Crippen LogP contribution in [0.25, 0.3) is 11.4 Å². The van der Waals surface area contributed by atoms with E-state index in [0.717, 1.165) is 12.0 Å². The predicted molar refractivity (Wildman–Crippen MR) is 66.8 cm³/mol. The quantitative estimate of drug-likeness (QED) is 0.907. The Morgan fingerprint density at radius 2 is 2.06 bits per heavy atom. The summed E-state index contributed by atoms with van der Waals surface area (Å²) in [6.45, 7) is 2.06. The molecule has 0 spiro atoms. The molecule has 0 aliphatic heterocycles. The average Bonchev–Trinajstić information content (AvgIpc) is 2.81. The summed E-state index contributed by atoms with van der Waals surface area (Å²) in [5.41, 5.74) is 0.898. The zero-order valence-corrected chi connectivity index (χ0v) is 10.5. The zero-order valence-electron chi connectivity index (χ0n) is 9.77. The number of halogens is 1. The molecule has 0 bridgehead atoms. The Balaban J connectivity index is 2.26. The van der Waals surface area contributed by atoms with Crippen LogP contribution in [-0.2, 0) is 0 Å². The molecule has 1 unspecified atom stereocenters. The summed E-state index contributed by atoms with van der Waals surface area (Å²) in [5, 5.41) is 7.78. The van der Waals surface area contributed by atoms with E-state index in [9.17, 15) is 0 Å². The number of hydrogen-bond donors (Lipinski definition) is 1. The van der Waals surface area contributed by atoms with Gasteiger partial charge in [-0.25, -0.2) is 0 Å². The van der Waals surface area contributed by atoms with Gasteiger partial charge in [-0.1, -0.05) is 23.7 Å². The van der Waals surface area contributed by atoms with Crippen molar-refractivity contribution >= 4 is 11.6 Å². The van der Waals surface area contributed by atoms with Crippen LogP contribution in [0.5, 0.6) is 0 Å². The first kappa shape index (κ1) is 12.1. The Morgan fingerprint density at radius 1 is 1.35 bits per heavy atom. The van der Waals surface area contributed by atoms with Crippen molar-refractivity contribution in [2.45, 2.75) is 19.4 Å². The normalized spacial score (nSPS) is 12.6. The lowest BCUT2D eigenvalue weighted by Gasteiger charge is -2.06. The minimum Gasteiger partial charge on any atom is -0.337 e. The van der Waals surface area contributed by atoms with Gasteiger partial charge in [0.25, 0.3) is 0 Å². The van der Waals surface area contributed by atoms with Crippen molar-refractivity contribution in [1.29, 1.82) is 0 Å². The number of nitrogens with zero attached hydrogens (tertiary/aromatic N) is 2. The molecule has 0 amide bonds. The topological polar surface area (TPSA) is 51.0 Å². The summed E-state index contributed by atoms with van der Waals surface area (Å²) >= 11 is 5.83. The summed E-state index contributed by atoms with van der Waals surface area (Å²) < 4.78 is 5.24. The van der Waals surface area contributed by atoms with Crippen LogP contribution in [0.1, 0.15) is 25.3 Å². The maximum absolute atomic E-state index is 5.83. The molecular weight excluding hydrogens is 238 g/mol. The lowest BCUT2D eigenvalue weighted by Crippen LogP contribution is -2.15. The molecule has 5 heteroatoms. The second kappa shape index (κ2) is 5.29. The summed E-state index contributed by atoms with van der Waals surface area (Å²) in [4.78, 5) is 4.37. The van der Waals surface area contributed by atoms with Gasteiger partial charge in [0.05, 0.1) is 6.04 Å². The van der Waals surface area contributed by atoms with Crippen molar-refractivity contribution < 1.29 is 4.52 Å². The van der Waals surface area contributed by atoms with E-state index in [2.05, 4.69) is 22.4 Å². The third kappa shape index (κ3) is 2.65. The van der Waals surface area contributed by atoms with Gasteiger partial charge in [0, 0.05) is 10.6 Å². The highest BCUT2D eigenvalue weighted by molar-refractivity contribution is 6.30. The van der Waals surface area contributed by atoms with Gasteiger partial charge in [-0.3, -0.25) is 0 Å². The van der Waals surface area contributed by atoms with Gasteiger partial charge < -0.3 is 9.84 Å². The Hall–Kier alpha value is -1.39. The van der Waals surface area contributed by atoms with Crippen LogP contribution in [0, 0.1) is 0 Å². The van der Waals surface area contributed by atoms with Crippen LogP contribution in [-0.4, -0.2) is 17.2 Å². The van der Waals surface area contributed by atoms with Crippen molar-refractivity contribution in [1.82, 2.24) is 15.5 Å². The van der Waals surface area contributed by atoms with E-state index >= 15 is 0 Å². The second-order valence-electron chi connectivity index (χ2n) is 3.71. The summed E-state index contributed by atoms with van der Waals surface area (Å²) in [5.74, 6) is 1.20. The van der Waals surface area contributed by atoms with Crippen LogP contribution in [0.3, 0.4) is 0 Å². The van der Waals surface area contributed by atoms with Crippen molar-refractivity contribution in [2.75, 3.05) is 7.05 Å². The molecule has 0 aliphatic rings. The van der Waals surface area contributed by atoms with E-state index in [-0.39, 0.29) is 6.04 Å². The highest BCUT2D eigenvalue weighted by Crippen LogP contribution is 2.21. The van der Waals surface area contributed by atoms with Crippen molar-refractivity contribution in [3.8, 4) is 11.4 Å².